The smallest absolute Gasteiger partial charge is 0.0641 e. The number of anilines is 1. The van der Waals surface area contributed by atoms with Crippen molar-refractivity contribution in [3.8, 4) is 6.07 Å². The molecule has 0 spiro atoms. The van der Waals surface area contributed by atoms with Crippen LogP contribution in [0.1, 0.15) is 23.6 Å². The molecule has 0 saturated heterocycles. The fourth-order valence-electron chi connectivity index (χ4n) is 1.86. The van der Waals surface area contributed by atoms with Crippen LogP contribution in [0.5, 0.6) is 0 Å². The lowest BCUT2D eigenvalue weighted by molar-refractivity contribution is 0.748. The van der Waals surface area contributed by atoms with Crippen molar-refractivity contribution in [2.24, 2.45) is 5.73 Å². The third-order valence-electron chi connectivity index (χ3n) is 2.99. The average Bonchev–Trinajstić information content (AvgIpc) is 2.47. The molecule has 0 radical (unpaired) electrons. The van der Waals surface area contributed by atoms with Crippen molar-refractivity contribution in [2.75, 3.05) is 5.32 Å². The summed E-state index contributed by atoms with van der Waals surface area (Å²) in [5.41, 5.74) is 9.17. The topological polar surface area (TPSA) is 61.8 Å². The van der Waals surface area contributed by atoms with Crippen molar-refractivity contribution in [2.45, 2.75) is 19.0 Å². The molecule has 19 heavy (non-hydrogen) atoms. The largest absolute Gasteiger partial charge is 0.381 e. The standard InChI is InChI=1S/C16H17N3/c17-11-10-16(18)14-6-8-15(9-7-14)19-12-13-4-2-1-3-5-13/h1-9,16,19H,10,12,18H2/t16-/m0/s1. The fraction of sp³-hybridized carbons (Fsp3) is 0.188. The highest BCUT2D eigenvalue weighted by atomic mass is 14.9. The van der Waals surface area contributed by atoms with Gasteiger partial charge in [0.05, 0.1) is 12.5 Å². The fourth-order valence-corrected chi connectivity index (χ4v) is 1.86. The molecule has 0 saturated carbocycles. The summed E-state index contributed by atoms with van der Waals surface area (Å²) in [6.45, 7) is 0.796. The normalized spacial score (nSPS) is 11.6. The summed E-state index contributed by atoms with van der Waals surface area (Å²) < 4.78 is 0. The molecule has 2 aromatic carbocycles. The van der Waals surface area contributed by atoms with Crippen LogP contribution in [0.15, 0.2) is 54.6 Å². The average molecular weight is 251 g/mol. The van der Waals surface area contributed by atoms with Gasteiger partial charge in [0.1, 0.15) is 0 Å². The van der Waals surface area contributed by atoms with Gasteiger partial charge in [0.25, 0.3) is 0 Å². The molecular weight excluding hydrogens is 234 g/mol. The Balaban J connectivity index is 1.94. The van der Waals surface area contributed by atoms with Crippen LogP contribution in [0, 0.1) is 11.3 Å². The van der Waals surface area contributed by atoms with Crippen molar-refractivity contribution in [3.63, 3.8) is 0 Å². The van der Waals surface area contributed by atoms with Crippen LogP contribution < -0.4 is 11.1 Å². The van der Waals surface area contributed by atoms with E-state index in [-0.39, 0.29) is 6.04 Å². The summed E-state index contributed by atoms with van der Waals surface area (Å²) in [5, 5.41) is 12.0. The van der Waals surface area contributed by atoms with Crippen LogP contribution in [-0.4, -0.2) is 0 Å². The van der Waals surface area contributed by atoms with E-state index >= 15 is 0 Å². The molecule has 0 aromatic heterocycles. The molecule has 1 atom stereocenters. The predicted molar refractivity (Wildman–Crippen MR) is 77.4 cm³/mol. The molecule has 3 nitrogen and oxygen atoms in total. The Morgan fingerprint density at radius 2 is 1.74 bits per heavy atom. The van der Waals surface area contributed by atoms with Crippen LogP contribution in [0.25, 0.3) is 0 Å². The first kappa shape index (κ1) is 13.1. The molecule has 2 rings (SSSR count). The quantitative estimate of drug-likeness (QED) is 0.857. The van der Waals surface area contributed by atoms with E-state index in [0.717, 1.165) is 17.8 Å². The van der Waals surface area contributed by atoms with Crippen molar-refractivity contribution >= 4 is 5.69 Å². The van der Waals surface area contributed by atoms with Gasteiger partial charge < -0.3 is 11.1 Å². The van der Waals surface area contributed by atoms with Crippen molar-refractivity contribution < 1.29 is 0 Å². The van der Waals surface area contributed by atoms with Gasteiger partial charge in [0, 0.05) is 18.3 Å². The maximum Gasteiger partial charge on any atom is 0.0641 e. The maximum absolute atomic E-state index is 8.62. The number of nitrogens with one attached hydrogen (secondary N) is 1. The summed E-state index contributed by atoms with van der Waals surface area (Å²) in [5.74, 6) is 0. The van der Waals surface area contributed by atoms with Gasteiger partial charge in [-0.25, -0.2) is 0 Å². The molecule has 0 heterocycles. The molecule has 0 aliphatic carbocycles. The molecular formula is C16H17N3. The van der Waals surface area contributed by atoms with Crippen LogP contribution in [-0.2, 0) is 6.54 Å². The first-order valence-electron chi connectivity index (χ1n) is 6.30. The lowest BCUT2D eigenvalue weighted by Gasteiger charge is -2.10. The summed E-state index contributed by atoms with van der Waals surface area (Å²) >= 11 is 0. The van der Waals surface area contributed by atoms with Crippen LogP contribution >= 0.6 is 0 Å². The number of hydrogen-bond acceptors (Lipinski definition) is 3. The maximum atomic E-state index is 8.62. The molecule has 0 aliphatic heterocycles. The van der Waals surface area contributed by atoms with E-state index in [1.807, 2.05) is 42.5 Å². The summed E-state index contributed by atoms with van der Waals surface area (Å²) in [6, 6.07) is 20.1. The van der Waals surface area contributed by atoms with E-state index < -0.39 is 0 Å². The Morgan fingerprint density at radius 1 is 1.05 bits per heavy atom. The zero-order valence-electron chi connectivity index (χ0n) is 10.7. The number of benzene rings is 2. The molecule has 0 fully saturated rings. The monoisotopic (exact) mass is 251 g/mol. The molecule has 0 aliphatic rings. The minimum atomic E-state index is -0.201. The van der Waals surface area contributed by atoms with E-state index in [9.17, 15) is 0 Å². The Hall–Kier alpha value is -2.31. The van der Waals surface area contributed by atoms with Gasteiger partial charge >= 0.3 is 0 Å². The van der Waals surface area contributed by atoms with Crippen molar-refractivity contribution in [1.29, 1.82) is 5.26 Å². The lowest BCUT2D eigenvalue weighted by atomic mass is 10.1. The van der Waals surface area contributed by atoms with Crippen molar-refractivity contribution in [1.82, 2.24) is 0 Å². The molecule has 96 valence electrons. The first-order valence-corrected chi connectivity index (χ1v) is 6.30. The second-order valence-corrected chi connectivity index (χ2v) is 4.43. The molecule has 0 unspecified atom stereocenters. The minimum absolute atomic E-state index is 0.201. The Labute approximate surface area is 113 Å². The van der Waals surface area contributed by atoms with Crippen LogP contribution in [0.3, 0.4) is 0 Å². The highest BCUT2D eigenvalue weighted by Crippen LogP contribution is 2.17. The van der Waals surface area contributed by atoms with E-state index in [4.69, 9.17) is 11.0 Å². The summed E-state index contributed by atoms with van der Waals surface area (Å²) in [4.78, 5) is 0. The number of nitriles is 1. The van der Waals surface area contributed by atoms with Crippen LogP contribution in [0.4, 0.5) is 5.69 Å². The van der Waals surface area contributed by atoms with Gasteiger partial charge in [-0.1, -0.05) is 42.5 Å². The second-order valence-electron chi connectivity index (χ2n) is 4.43. The molecule has 0 amide bonds. The van der Waals surface area contributed by atoms with E-state index in [0.29, 0.717) is 6.42 Å². The Morgan fingerprint density at radius 3 is 2.37 bits per heavy atom. The van der Waals surface area contributed by atoms with E-state index in [1.165, 1.54) is 5.56 Å². The zero-order chi connectivity index (χ0) is 13.5. The minimum Gasteiger partial charge on any atom is -0.381 e. The Kier molecular flexibility index (Phi) is 4.54. The number of nitrogens with two attached hydrogens (primary N) is 1. The molecule has 3 N–H and O–H groups in total. The number of hydrogen-bond donors (Lipinski definition) is 2. The third-order valence-corrected chi connectivity index (χ3v) is 2.99. The van der Waals surface area contributed by atoms with E-state index in [2.05, 4.69) is 23.5 Å². The van der Waals surface area contributed by atoms with Crippen molar-refractivity contribution in [3.05, 3.63) is 65.7 Å². The zero-order valence-corrected chi connectivity index (χ0v) is 10.7. The predicted octanol–water partition coefficient (Wildman–Crippen LogP) is 3.21. The molecule has 3 heteroatoms. The third kappa shape index (κ3) is 3.84. The van der Waals surface area contributed by atoms with E-state index in [1.54, 1.807) is 0 Å². The van der Waals surface area contributed by atoms with Gasteiger partial charge in [0.15, 0.2) is 0 Å². The first-order chi connectivity index (χ1) is 9.29. The van der Waals surface area contributed by atoms with Gasteiger partial charge in [-0.05, 0) is 23.3 Å². The summed E-state index contributed by atoms with van der Waals surface area (Å²) in [6.07, 6.45) is 0.344. The van der Waals surface area contributed by atoms with Crippen LogP contribution in [0.2, 0.25) is 0 Å². The van der Waals surface area contributed by atoms with Gasteiger partial charge in [0.2, 0.25) is 0 Å². The second kappa shape index (κ2) is 6.58. The summed E-state index contributed by atoms with van der Waals surface area (Å²) in [7, 11) is 0. The van der Waals surface area contributed by atoms with Gasteiger partial charge in [-0.2, -0.15) is 5.26 Å². The lowest BCUT2D eigenvalue weighted by Crippen LogP contribution is -2.09. The number of rotatable bonds is 5. The van der Waals surface area contributed by atoms with Gasteiger partial charge in [-0.15, -0.1) is 0 Å². The SMILES string of the molecule is N#CC[C@H](N)c1ccc(NCc2ccccc2)cc1. The number of nitrogens with zero attached hydrogens (tertiary/aromatic N) is 1. The van der Waals surface area contributed by atoms with Gasteiger partial charge in [-0.3, -0.25) is 0 Å². The highest BCUT2D eigenvalue weighted by Gasteiger charge is 2.04. The molecule has 2 aromatic rings. The molecule has 0 bridgehead atoms. The Bertz CT molecular complexity index is 540. The highest BCUT2D eigenvalue weighted by molar-refractivity contribution is 5.45.